The molecule has 0 unspecified atom stereocenters. The zero-order chi connectivity index (χ0) is 16.7. The smallest absolute Gasteiger partial charge is 0.260 e. The third-order valence-corrected chi connectivity index (χ3v) is 3.97. The SMILES string of the molecule is CCNC(=O)CN1CCN(C(=O)COc2ccccc2Cl)CC1. The van der Waals surface area contributed by atoms with Gasteiger partial charge in [-0.05, 0) is 19.1 Å². The fourth-order valence-corrected chi connectivity index (χ4v) is 2.59. The predicted molar refractivity (Wildman–Crippen MR) is 88.7 cm³/mol. The van der Waals surface area contributed by atoms with Crippen molar-refractivity contribution in [2.75, 3.05) is 45.9 Å². The number of benzene rings is 1. The highest BCUT2D eigenvalue weighted by Gasteiger charge is 2.22. The molecule has 1 aromatic rings. The highest BCUT2D eigenvalue weighted by atomic mass is 35.5. The summed E-state index contributed by atoms with van der Waals surface area (Å²) in [6.07, 6.45) is 0. The first-order valence-corrected chi connectivity index (χ1v) is 8.12. The molecule has 0 aromatic heterocycles. The number of piperazine rings is 1. The molecule has 0 atom stereocenters. The minimum Gasteiger partial charge on any atom is -0.482 e. The second kappa shape index (κ2) is 8.74. The van der Waals surface area contributed by atoms with Gasteiger partial charge in [0.05, 0.1) is 11.6 Å². The molecule has 1 N–H and O–H groups in total. The van der Waals surface area contributed by atoms with Crippen LogP contribution in [0.15, 0.2) is 24.3 Å². The average molecular weight is 340 g/mol. The monoisotopic (exact) mass is 339 g/mol. The lowest BCUT2D eigenvalue weighted by atomic mass is 10.3. The minimum atomic E-state index is -0.0671. The molecule has 1 aliphatic rings. The van der Waals surface area contributed by atoms with E-state index in [9.17, 15) is 9.59 Å². The van der Waals surface area contributed by atoms with Gasteiger partial charge in [0.2, 0.25) is 5.91 Å². The number of nitrogens with zero attached hydrogens (tertiary/aromatic N) is 2. The number of ether oxygens (including phenoxy) is 1. The Balaban J connectivity index is 1.73. The lowest BCUT2D eigenvalue weighted by Gasteiger charge is -2.34. The number of para-hydroxylation sites is 1. The van der Waals surface area contributed by atoms with Gasteiger partial charge in [0.15, 0.2) is 6.61 Å². The Morgan fingerprint density at radius 1 is 1.22 bits per heavy atom. The lowest BCUT2D eigenvalue weighted by molar-refractivity contribution is -0.135. The van der Waals surface area contributed by atoms with E-state index in [-0.39, 0.29) is 18.4 Å². The average Bonchev–Trinajstić information content (AvgIpc) is 2.55. The molecule has 0 bridgehead atoms. The summed E-state index contributed by atoms with van der Waals surface area (Å²) in [7, 11) is 0. The summed E-state index contributed by atoms with van der Waals surface area (Å²) < 4.78 is 5.47. The van der Waals surface area contributed by atoms with E-state index in [0.29, 0.717) is 50.0 Å². The Kier molecular flexibility index (Phi) is 6.67. The Bertz CT molecular complexity index is 545. The normalized spacial score (nSPS) is 15.3. The second-order valence-electron chi connectivity index (χ2n) is 5.33. The third-order valence-electron chi connectivity index (χ3n) is 3.65. The molecule has 0 aliphatic carbocycles. The van der Waals surface area contributed by atoms with Crippen LogP contribution in [0.1, 0.15) is 6.92 Å². The van der Waals surface area contributed by atoms with Crippen LogP contribution in [0.2, 0.25) is 5.02 Å². The standard InChI is InChI=1S/C16H22ClN3O3/c1-2-18-15(21)11-19-7-9-20(10-8-19)16(22)12-23-14-6-4-3-5-13(14)17/h3-6H,2,7-12H2,1H3,(H,18,21). The van der Waals surface area contributed by atoms with Gasteiger partial charge >= 0.3 is 0 Å². The lowest BCUT2D eigenvalue weighted by Crippen LogP contribution is -2.52. The molecular formula is C16H22ClN3O3. The number of amides is 2. The van der Waals surface area contributed by atoms with Gasteiger partial charge in [-0.3, -0.25) is 14.5 Å². The van der Waals surface area contributed by atoms with Crippen molar-refractivity contribution in [3.63, 3.8) is 0 Å². The van der Waals surface area contributed by atoms with E-state index in [2.05, 4.69) is 5.32 Å². The largest absolute Gasteiger partial charge is 0.482 e. The Hall–Kier alpha value is -1.79. The number of nitrogens with one attached hydrogen (secondary N) is 1. The molecule has 1 aromatic carbocycles. The number of likely N-dealkylation sites (N-methyl/N-ethyl adjacent to an activating group) is 1. The molecule has 7 heteroatoms. The maximum absolute atomic E-state index is 12.2. The number of rotatable bonds is 6. The van der Waals surface area contributed by atoms with Crippen molar-refractivity contribution in [2.45, 2.75) is 6.92 Å². The van der Waals surface area contributed by atoms with Gasteiger partial charge in [0.25, 0.3) is 5.91 Å². The van der Waals surface area contributed by atoms with Crippen LogP contribution >= 0.6 is 11.6 Å². The molecule has 0 saturated carbocycles. The van der Waals surface area contributed by atoms with Gasteiger partial charge < -0.3 is 15.0 Å². The number of carbonyl (C=O) groups is 2. The zero-order valence-corrected chi connectivity index (χ0v) is 14.0. The first kappa shape index (κ1) is 17.6. The van der Waals surface area contributed by atoms with Crippen LogP contribution in [0.5, 0.6) is 5.75 Å². The summed E-state index contributed by atoms with van der Waals surface area (Å²) in [5.41, 5.74) is 0. The number of carbonyl (C=O) groups excluding carboxylic acids is 2. The third kappa shape index (κ3) is 5.41. The fraction of sp³-hybridized carbons (Fsp3) is 0.500. The van der Waals surface area contributed by atoms with Crippen molar-refractivity contribution in [1.29, 1.82) is 0 Å². The first-order chi connectivity index (χ1) is 11.1. The van der Waals surface area contributed by atoms with Crippen molar-refractivity contribution < 1.29 is 14.3 Å². The quantitative estimate of drug-likeness (QED) is 0.840. The predicted octanol–water partition coefficient (Wildman–Crippen LogP) is 0.999. The molecule has 0 radical (unpaired) electrons. The number of hydrogen-bond donors (Lipinski definition) is 1. The highest BCUT2D eigenvalue weighted by molar-refractivity contribution is 6.32. The summed E-state index contributed by atoms with van der Waals surface area (Å²) in [5.74, 6) is 0.467. The molecule has 6 nitrogen and oxygen atoms in total. The Labute approximate surface area is 141 Å². The molecule has 126 valence electrons. The van der Waals surface area contributed by atoms with Crippen LogP contribution in [-0.2, 0) is 9.59 Å². The molecule has 2 amide bonds. The Morgan fingerprint density at radius 3 is 2.57 bits per heavy atom. The minimum absolute atomic E-state index is 0.0225. The number of hydrogen-bond acceptors (Lipinski definition) is 4. The summed E-state index contributed by atoms with van der Waals surface area (Å²) in [6, 6.07) is 7.08. The van der Waals surface area contributed by atoms with Crippen molar-refractivity contribution in [1.82, 2.24) is 15.1 Å². The van der Waals surface area contributed by atoms with E-state index < -0.39 is 0 Å². The summed E-state index contributed by atoms with van der Waals surface area (Å²) >= 11 is 5.99. The maximum atomic E-state index is 12.2. The molecule has 1 fully saturated rings. The summed E-state index contributed by atoms with van der Waals surface area (Å²) in [4.78, 5) is 27.5. The fourth-order valence-electron chi connectivity index (χ4n) is 2.40. The van der Waals surface area contributed by atoms with Gasteiger partial charge in [0, 0.05) is 32.7 Å². The van der Waals surface area contributed by atoms with Gasteiger partial charge in [0.1, 0.15) is 5.75 Å². The topological polar surface area (TPSA) is 61.9 Å². The van der Waals surface area contributed by atoms with Crippen molar-refractivity contribution in [2.24, 2.45) is 0 Å². The highest BCUT2D eigenvalue weighted by Crippen LogP contribution is 2.23. The van der Waals surface area contributed by atoms with E-state index in [4.69, 9.17) is 16.3 Å². The van der Waals surface area contributed by atoms with Gasteiger partial charge in [-0.2, -0.15) is 0 Å². The molecule has 1 saturated heterocycles. The van der Waals surface area contributed by atoms with E-state index in [1.54, 1.807) is 17.0 Å². The van der Waals surface area contributed by atoms with E-state index in [0.717, 1.165) is 0 Å². The van der Waals surface area contributed by atoms with Crippen LogP contribution < -0.4 is 10.1 Å². The summed E-state index contributed by atoms with van der Waals surface area (Å²) in [6.45, 7) is 5.47. The van der Waals surface area contributed by atoms with Crippen LogP contribution in [0.3, 0.4) is 0 Å². The maximum Gasteiger partial charge on any atom is 0.260 e. The molecular weight excluding hydrogens is 318 g/mol. The Morgan fingerprint density at radius 2 is 1.91 bits per heavy atom. The van der Waals surface area contributed by atoms with E-state index >= 15 is 0 Å². The van der Waals surface area contributed by atoms with E-state index in [1.165, 1.54) is 0 Å². The van der Waals surface area contributed by atoms with E-state index in [1.807, 2.05) is 24.0 Å². The second-order valence-corrected chi connectivity index (χ2v) is 5.74. The van der Waals surface area contributed by atoms with Gasteiger partial charge in [-0.15, -0.1) is 0 Å². The van der Waals surface area contributed by atoms with Gasteiger partial charge in [-0.1, -0.05) is 23.7 Å². The molecule has 0 spiro atoms. The first-order valence-electron chi connectivity index (χ1n) is 7.74. The molecule has 1 heterocycles. The summed E-state index contributed by atoms with van der Waals surface area (Å²) in [5, 5.41) is 3.27. The van der Waals surface area contributed by atoms with Crippen LogP contribution in [-0.4, -0.2) is 67.5 Å². The van der Waals surface area contributed by atoms with Crippen molar-refractivity contribution in [3.05, 3.63) is 29.3 Å². The van der Waals surface area contributed by atoms with Crippen molar-refractivity contribution in [3.8, 4) is 5.75 Å². The van der Waals surface area contributed by atoms with Crippen LogP contribution in [0, 0.1) is 0 Å². The van der Waals surface area contributed by atoms with Crippen LogP contribution in [0.25, 0.3) is 0 Å². The van der Waals surface area contributed by atoms with Crippen LogP contribution in [0.4, 0.5) is 0 Å². The molecule has 1 aliphatic heterocycles. The molecule has 23 heavy (non-hydrogen) atoms. The zero-order valence-electron chi connectivity index (χ0n) is 13.3. The van der Waals surface area contributed by atoms with Crippen molar-refractivity contribution >= 4 is 23.4 Å². The molecule has 2 rings (SSSR count). The van der Waals surface area contributed by atoms with Gasteiger partial charge in [-0.25, -0.2) is 0 Å². The number of halogens is 1.